The summed E-state index contributed by atoms with van der Waals surface area (Å²) in [6.07, 6.45) is 2.73. The second-order valence-electron chi connectivity index (χ2n) is 4.19. The highest BCUT2D eigenvalue weighted by Gasteiger charge is 2.27. The van der Waals surface area contributed by atoms with Gasteiger partial charge in [0.2, 0.25) is 0 Å². The molecule has 1 fully saturated rings. The first-order valence-corrected chi connectivity index (χ1v) is 6.79. The summed E-state index contributed by atoms with van der Waals surface area (Å²) >= 11 is 5.33. The lowest BCUT2D eigenvalue weighted by molar-refractivity contribution is 0.214. The van der Waals surface area contributed by atoms with Gasteiger partial charge >= 0.3 is 0 Å². The zero-order chi connectivity index (χ0) is 10.1. The van der Waals surface area contributed by atoms with E-state index in [4.69, 9.17) is 0 Å². The summed E-state index contributed by atoms with van der Waals surface area (Å²) in [6.45, 7) is 4.58. The molecule has 1 N–H and O–H groups in total. The van der Waals surface area contributed by atoms with E-state index in [2.05, 4.69) is 47.2 Å². The Bertz CT molecular complexity index is 310. The van der Waals surface area contributed by atoms with Crippen molar-refractivity contribution in [2.24, 2.45) is 5.92 Å². The minimum atomic E-state index is 0.499. The van der Waals surface area contributed by atoms with Crippen LogP contribution in [0.15, 0.2) is 15.9 Å². The topological polar surface area (TPSA) is 12.0 Å². The first-order valence-electron chi connectivity index (χ1n) is 5.18. The number of rotatable bonds is 3. The van der Waals surface area contributed by atoms with Crippen molar-refractivity contribution in [3.63, 3.8) is 0 Å². The monoisotopic (exact) mass is 273 g/mol. The molecule has 0 amide bonds. The van der Waals surface area contributed by atoms with E-state index in [9.17, 15) is 0 Å². The van der Waals surface area contributed by atoms with Gasteiger partial charge in [0.15, 0.2) is 0 Å². The molecule has 3 unspecified atom stereocenters. The molecule has 0 aliphatic heterocycles. The maximum atomic E-state index is 3.69. The van der Waals surface area contributed by atoms with Crippen molar-refractivity contribution in [3.05, 3.63) is 20.8 Å². The van der Waals surface area contributed by atoms with E-state index in [0.717, 1.165) is 12.0 Å². The molecule has 1 nitrogen and oxygen atoms in total. The third kappa shape index (κ3) is 2.20. The van der Waals surface area contributed by atoms with Crippen LogP contribution < -0.4 is 5.32 Å². The van der Waals surface area contributed by atoms with Crippen LogP contribution in [0.1, 0.15) is 37.6 Å². The van der Waals surface area contributed by atoms with Gasteiger partial charge in [-0.1, -0.05) is 6.92 Å². The molecule has 3 atom stereocenters. The van der Waals surface area contributed by atoms with Crippen LogP contribution in [-0.4, -0.2) is 6.04 Å². The molecular weight excluding hydrogens is 258 g/mol. The number of hydrogen-bond donors (Lipinski definition) is 1. The second kappa shape index (κ2) is 4.33. The molecule has 0 radical (unpaired) electrons. The average Bonchev–Trinajstić information content (AvgIpc) is 2.58. The van der Waals surface area contributed by atoms with E-state index < -0.39 is 0 Å². The maximum absolute atomic E-state index is 3.69. The molecule has 1 saturated carbocycles. The van der Waals surface area contributed by atoms with Crippen LogP contribution in [-0.2, 0) is 0 Å². The van der Waals surface area contributed by atoms with Crippen molar-refractivity contribution < 1.29 is 0 Å². The molecule has 1 aliphatic carbocycles. The normalized spacial score (nSPS) is 28.5. The zero-order valence-corrected chi connectivity index (χ0v) is 11.0. The van der Waals surface area contributed by atoms with Gasteiger partial charge in [-0.15, -0.1) is 11.3 Å². The Balaban J connectivity index is 1.92. The Labute approximate surface area is 98.0 Å². The zero-order valence-electron chi connectivity index (χ0n) is 8.59. The highest BCUT2D eigenvalue weighted by molar-refractivity contribution is 9.11. The van der Waals surface area contributed by atoms with Crippen LogP contribution in [0.3, 0.4) is 0 Å². The van der Waals surface area contributed by atoms with E-state index in [-0.39, 0.29) is 0 Å². The first kappa shape index (κ1) is 10.7. The molecule has 0 saturated heterocycles. The summed E-state index contributed by atoms with van der Waals surface area (Å²) in [5.74, 6) is 0.862. The molecule has 1 heterocycles. The van der Waals surface area contributed by atoms with Gasteiger partial charge in [-0.25, -0.2) is 0 Å². The van der Waals surface area contributed by atoms with Gasteiger partial charge in [0, 0.05) is 17.0 Å². The number of hydrogen-bond acceptors (Lipinski definition) is 2. The fourth-order valence-electron chi connectivity index (χ4n) is 1.88. The molecule has 0 bridgehead atoms. The fourth-order valence-corrected chi connectivity index (χ4v) is 3.31. The summed E-state index contributed by atoms with van der Waals surface area (Å²) in [5, 5.41) is 3.69. The quantitative estimate of drug-likeness (QED) is 0.879. The van der Waals surface area contributed by atoms with Crippen LogP contribution in [0.25, 0.3) is 0 Å². The molecule has 0 spiro atoms. The third-order valence-electron chi connectivity index (χ3n) is 3.10. The molecule has 0 aromatic carbocycles. The molecule has 2 rings (SSSR count). The van der Waals surface area contributed by atoms with Crippen molar-refractivity contribution in [1.29, 1.82) is 0 Å². The van der Waals surface area contributed by atoms with Gasteiger partial charge in [-0.05, 0) is 53.7 Å². The molecule has 3 heteroatoms. The fraction of sp³-hybridized carbons (Fsp3) is 0.636. The lowest BCUT2D eigenvalue weighted by Gasteiger charge is -2.36. The predicted molar refractivity (Wildman–Crippen MR) is 65.8 cm³/mol. The Morgan fingerprint density at radius 3 is 2.71 bits per heavy atom. The van der Waals surface area contributed by atoms with Crippen LogP contribution >= 0.6 is 27.3 Å². The highest BCUT2D eigenvalue weighted by Crippen LogP contribution is 2.31. The van der Waals surface area contributed by atoms with Gasteiger partial charge in [-0.3, -0.25) is 0 Å². The summed E-state index contributed by atoms with van der Waals surface area (Å²) in [5.41, 5.74) is 0. The van der Waals surface area contributed by atoms with Gasteiger partial charge in [0.25, 0.3) is 0 Å². The van der Waals surface area contributed by atoms with Crippen LogP contribution in [0.5, 0.6) is 0 Å². The summed E-state index contributed by atoms with van der Waals surface area (Å²) in [6, 6.07) is 5.57. The number of thiophene rings is 1. The Morgan fingerprint density at radius 2 is 2.29 bits per heavy atom. The molecule has 1 aliphatic rings. The third-order valence-corrected chi connectivity index (χ3v) is 4.91. The maximum Gasteiger partial charge on any atom is 0.0701 e. The van der Waals surface area contributed by atoms with Gasteiger partial charge in [-0.2, -0.15) is 0 Å². The van der Waals surface area contributed by atoms with Crippen LogP contribution in [0.2, 0.25) is 0 Å². The van der Waals surface area contributed by atoms with E-state index >= 15 is 0 Å². The molecule has 78 valence electrons. The molecule has 1 aromatic heterocycles. The van der Waals surface area contributed by atoms with E-state index in [1.54, 1.807) is 0 Å². The van der Waals surface area contributed by atoms with Crippen molar-refractivity contribution in [2.75, 3.05) is 0 Å². The minimum absolute atomic E-state index is 0.499. The van der Waals surface area contributed by atoms with E-state index in [1.807, 2.05) is 11.3 Å². The van der Waals surface area contributed by atoms with E-state index in [0.29, 0.717) is 6.04 Å². The SMILES string of the molecule is CC(NC1CCC1C)c1ccc(Br)s1. The van der Waals surface area contributed by atoms with Gasteiger partial charge in [0.1, 0.15) is 0 Å². The smallest absolute Gasteiger partial charge is 0.0701 e. The Hall–Kier alpha value is 0.140. The molecule has 1 aromatic rings. The lowest BCUT2D eigenvalue weighted by atomic mass is 9.81. The predicted octanol–water partition coefficient (Wildman–Crippen LogP) is 3.96. The highest BCUT2D eigenvalue weighted by atomic mass is 79.9. The largest absolute Gasteiger partial charge is 0.306 e. The van der Waals surface area contributed by atoms with E-state index in [1.165, 1.54) is 21.5 Å². The van der Waals surface area contributed by atoms with Gasteiger partial charge in [0.05, 0.1) is 3.79 Å². The molecular formula is C11H16BrNS. The minimum Gasteiger partial charge on any atom is -0.306 e. The number of nitrogens with one attached hydrogen (secondary N) is 1. The van der Waals surface area contributed by atoms with Crippen molar-refractivity contribution in [3.8, 4) is 0 Å². The second-order valence-corrected chi connectivity index (χ2v) is 6.69. The summed E-state index contributed by atoms with van der Waals surface area (Å²) in [4.78, 5) is 1.43. The average molecular weight is 274 g/mol. The van der Waals surface area contributed by atoms with Crippen molar-refractivity contribution in [2.45, 2.75) is 38.8 Å². The Kier molecular flexibility index (Phi) is 3.30. The Morgan fingerprint density at radius 1 is 1.50 bits per heavy atom. The first-order chi connectivity index (χ1) is 6.66. The number of halogens is 1. The van der Waals surface area contributed by atoms with Crippen LogP contribution in [0.4, 0.5) is 0 Å². The lowest BCUT2D eigenvalue weighted by Crippen LogP contribution is -2.43. The summed E-state index contributed by atoms with van der Waals surface area (Å²) < 4.78 is 1.22. The standard InChI is InChI=1S/C11H16BrNS/c1-7-3-4-9(7)13-8(2)10-5-6-11(12)14-10/h5-9,13H,3-4H2,1-2H3. The van der Waals surface area contributed by atoms with Gasteiger partial charge < -0.3 is 5.32 Å². The molecule has 14 heavy (non-hydrogen) atoms. The van der Waals surface area contributed by atoms with Crippen molar-refractivity contribution >= 4 is 27.3 Å². The summed E-state index contributed by atoms with van der Waals surface area (Å²) in [7, 11) is 0. The van der Waals surface area contributed by atoms with Crippen molar-refractivity contribution in [1.82, 2.24) is 5.32 Å². The van der Waals surface area contributed by atoms with Crippen LogP contribution in [0, 0.1) is 5.92 Å².